The van der Waals surface area contributed by atoms with E-state index in [4.69, 9.17) is 22.1 Å². The lowest BCUT2D eigenvalue weighted by Gasteiger charge is -2.23. The maximum Gasteiger partial charge on any atom is 0.415 e. The fourth-order valence-corrected chi connectivity index (χ4v) is 2.92. The molecule has 26 heavy (non-hydrogen) atoms. The van der Waals surface area contributed by atoms with Crippen molar-refractivity contribution in [2.24, 2.45) is 0 Å². The van der Waals surface area contributed by atoms with Crippen molar-refractivity contribution in [3.8, 4) is 0 Å². The van der Waals surface area contributed by atoms with Gasteiger partial charge in [0.25, 0.3) is 0 Å². The second kappa shape index (κ2) is 9.45. The summed E-state index contributed by atoms with van der Waals surface area (Å²) in [6, 6.07) is 7.86. The molecule has 2 N–H and O–H groups in total. The fourth-order valence-electron chi connectivity index (χ4n) is 2.34. The Morgan fingerprint density at radius 3 is 2.81 bits per heavy atom. The highest BCUT2D eigenvalue weighted by Gasteiger charge is 2.24. The number of nitrogen functional groups attached to an aromatic ring is 1. The van der Waals surface area contributed by atoms with Gasteiger partial charge in [0, 0.05) is 0 Å². The minimum atomic E-state index is -0.546. The predicted octanol–water partition coefficient (Wildman–Crippen LogP) is 4.33. The first kappa shape index (κ1) is 20.1. The van der Waals surface area contributed by atoms with Crippen LogP contribution in [0.2, 0.25) is 5.15 Å². The Hall–Kier alpha value is -2.25. The third kappa shape index (κ3) is 4.89. The molecule has 0 aliphatic heterocycles. The number of nitrogens with two attached hydrogens (primary N) is 1. The second-order valence-electron chi connectivity index (χ2n) is 5.34. The zero-order valence-electron chi connectivity index (χ0n) is 14.7. The van der Waals surface area contributed by atoms with E-state index in [-0.39, 0.29) is 29.8 Å². The summed E-state index contributed by atoms with van der Waals surface area (Å²) in [6.07, 6.45) is 3.84. The summed E-state index contributed by atoms with van der Waals surface area (Å²) < 4.78 is 5.18. The van der Waals surface area contributed by atoms with Gasteiger partial charge in [0.15, 0.2) is 16.1 Å². The lowest BCUT2D eigenvalue weighted by Crippen LogP contribution is -2.33. The molecule has 0 aliphatic carbocycles. The van der Waals surface area contributed by atoms with Crippen molar-refractivity contribution >= 4 is 41.0 Å². The lowest BCUT2D eigenvalue weighted by atomic mass is 10.1. The van der Waals surface area contributed by atoms with Crippen LogP contribution in [-0.4, -0.2) is 28.9 Å². The Morgan fingerprint density at radius 2 is 2.15 bits per heavy atom. The van der Waals surface area contributed by atoms with E-state index in [1.54, 1.807) is 6.92 Å². The van der Waals surface area contributed by atoms with Gasteiger partial charge in [-0.3, -0.25) is 4.90 Å². The van der Waals surface area contributed by atoms with Crippen LogP contribution in [0.1, 0.15) is 18.1 Å². The van der Waals surface area contributed by atoms with Crippen molar-refractivity contribution in [1.82, 2.24) is 9.97 Å². The molecule has 138 valence electrons. The van der Waals surface area contributed by atoms with Crippen molar-refractivity contribution in [3.63, 3.8) is 0 Å². The summed E-state index contributed by atoms with van der Waals surface area (Å²) in [6.45, 7) is 5.97. The third-order valence-corrected chi connectivity index (χ3v) is 4.33. The molecular weight excluding hydrogens is 372 g/mol. The molecule has 0 aliphatic rings. The maximum absolute atomic E-state index is 12.5. The predicted molar refractivity (Wildman–Crippen MR) is 107 cm³/mol. The number of rotatable bonds is 7. The molecule has 1 aromatic heterocycles. The van der Waals surface area contributed by atoms with Gasteiger partial charge in [-0.2, -0.15) is 0 Å². The van der Waals surface area contributed by atoms with Crippen LogP contribution < -0.4 is 10.6 Å². The quantitative estimate of drug-likeness (QED) is 0.327. The van der Waals surface area contributed by atoms with Crippen LogP contribution in [-0.2, 0) is 17.7 Å². The van der Waals surface area contributed by atoms with E-state index in [9.17, 15) is 4.79 Å². The fraction of sp³-hybridized carbons (Fsp3) is 0.278. The first-order chi connectivity index (χ1) is 12.5. The van der Waals surface area contributed by atoms with Crippen LogP contribution in [0.4, 0.5) is 16.3 Å². The minimum absolute atomic E-state index is 0.106. The SMILES string of the molecule is C=CCc1cccc(CN(C(=O)OCC)c2nc(SC)nc(Cl)c2N)c1. The molecule has 0 atom stereocenters. The number of anilines is 2. The van der Waals surface area contributed by atoms with E-state index >= 15 is 0 Å². The highest BCUT2D eigenvalue weighted by molar-refractivity contribution is 7.98. The minimum Gasteiger partial charge on any atom is -0.449 e. The molecule has 2 aromatic rings. The number of carbonyl (C=O) groups excluding carboxylic acids is 1. The van der Waals surface area contributed by atoms with E-state index < -0.39 is 6.09 Å². The van der Waals surface area contributed by atoms with Crippen molar-refractivity contribution in [1.29, 1.82) is 0 Å². The Labute approximate surface area is 162 Å². The van der Waals surface area contributed by atoms with Crippen LogP contribution in [0.3, 0.4) is 0 Å². The van der Waals surface area contributed by atoms with Crippen molar-refractivity contribution in [3.05, 3.63) is 53.2 Å². The van der Waals surface area contributed by atoms with Gasteiger partial charge in [0.2, 0.25) is 0 Å². The van der Waals surface area contributed by atoms with Crippen LogP contribution in [0, 0.1) is 0 Å². The topological polar surface area (TPSA) is 81.3 Å². The van der Waals surface area contributed by atoms with E-state index in [0.717, 1.165) is 17.5 Å². The number of thioether (sulfide) groups is 1. The summed E-state index contributed by atoms with van der Waals surface area (Å²) >= 11 is 7.43. The second-order valence-corrected chi connectivity index (χ2v) is 6.47. The number of hydrogen-bond acceptors (Lipinski definition) is 6. The monoisotopic (exact) mass is 392 g/mol. The maximum atomic E-state index is 12.5. The molecule has 2 rings (SSSR count). The van der Waals surface area contributed by atoms with Crippen LogP contribution in [0.15, 0.2) is 42.1 Å². The number of nitrogens with zero attached hydrogens (tertiary/aromatic N) is 3. The van der Waals surface area contributed by atoms with E-state index in [1.165, 1.54) is 16.7 Å². The number of amides is 1. The smallest absolute Gasteiger partial charge is 0.415 e. The van der Waals surface area contributed by atoms with Gasteiger partial charge in [-0.25, -0.2) is 14.8 Å². The molecule has 1 heterocycles. The normalized spacial score (nSPS) is 10.4. The van der Waals surface area contributed by atoms with E-state index in [2.05, 4.69) is 16.5 Å². The van der Waals surface area contributed by atoms with Crippen LogP contribution >= 0.6 is 23.4 Å². The van der Waals surface area contributed by atoms with E-state index in [0.29, 0.717) is 5.16 Å². The number of hydrogen-bond donors (Lipinski definition) is 1. The number of halogens is 1. The molecule has 6 nitrogen and oxygen atoms in total. The number of aromatic nitrogens is 2. The molecule has 0 fully saturated rings. The summed E-state index contributed by atoms with van der Waals surface area (Å²) in [4.78, 5) is 22.4. The van der Waals surface area contributed by atoms with Crippen LogP contribution in [0.5, 0.6) is 0 Å². The summed E-state index contributed by atoms with van der Waals surface area (Å²) in [5.74, 6) is 0.238. The summed E-state index contributed by atoms with van der Waals surface area (Å²) in [5.41, 5.74) is 8.19. The third-order valence-electron chi connectivity index (χ3n) is 3.50. The Balaban J connectivity index is 2.45. The zero-order chi connectivity index (χ0) is 19.1. The molecule has 0 saturated heterocycles. The van der Waals surface area contributed by atoms with Crippen molar-refractivity contribution < 1.29 is 9.53 Å². The molecule has 0 bridgehead atoms. The summed E-state index contributed by atoms with van der Waals surface area (Å²) in [5, 5.41) is 0.531. The van der Waals surface area contributed by atoms with Gasteiger partial charge in [0.05, 0.1) is 13.2 Å². The largest absolute Gasteiger partial charge is 0.449 e. The number of allylic oxidation sites excluding steroid dienone is 1. The molecule has 1 amide bonds. The lowest BCUT2D eigenvalue weighted by molar-refractivity contribution is 0.159. The molecule has 0 unspecified atom stereocenters. The Morgan fingerprint density at radius 1 is 1.42 bits per heavy atom. The zero-order valence-corrected chi connectivity index (χ0v) is 16.3. The van der Waals surface area contributed by atoms with Gasteiger partial charge in [-0.1, -0.05) is 53.7 Å². The van der Waals surface area contributed by atoms with Gasteiger partial charge in [-0.05, 0) is 30.7 Å². The van der Waals surface area contributed by atoms with Gasteiger partial charge >= 0.3 is 6.09 Å². The molecular formula is C18H21ClN4O2S. The Bertz CT molecular complexity index is 801. The van der Waals surface area contributed by atoms with E-state index in [1.807, 2.05) is 36.6 Å². The standard InChI is InChI=1S/C18H21ClN4O2S/c1-4-7-12-8-6-9-13(10-12)11-23(18(24)25-5-2)16-14(20)15(19)21-17(22-16)26-3/h4,6,8-10H,1,5,7,11,20H2,2-3H3. The molecule has 8 heteroatoms. The highest BCUT2D eigenvalue weighted by atomic mass is 35.5. The van der Waals surface area contributed by atoms with Gasteiger partial charge < -0.3 is 10.5 Å². The molecule has 0 radical (unpaired) electrons. The molecule has 0 spiro atoms. The molecule has 1 aromatic carbocycles. The Kier molecular flexibility index (Phi) is 7.29. The van der Waals surface area contributed by atoms with Gasteiger partial charge in [-0.15, -0.1) is 6.58 Å². The first-order valence-electron chi connectivity index (χ1n) is 8.00. The van der Waals surface area contributed by atoms with Gasteiger partial charge in [0.1, 0.15) is 5.69 Å². The van der Waals surface area contributed by atoms with Crippen molar-refractivity contribution in [2.45, 2.75) is 25.0 Å². The number of carbonyl (C=O) groups is 1. The highest BCUT2D eigenvalue weighted by Crippen LogP contribution is 2.31. The first-order valence-corrected chi connectivity index (χ1v) is 9.60. The molecule has 0 saturated carbocycles. The van der Waals surface area contributed by atoms with Crippen LogP contribution in [0.25, 0.3) is 0 Å². The average Bonchev–Trinajstić information content (AvgIpc) is 2.63. The average molecular weight is 393 g/mol. The number of benzene rings is 1. The number of ether oxygens (including phenoxy) is 1. The summed E-state index contributed by atoms with van der Waals surface area (Å²) in [7, 11) is 0. The van der Waals surface area contributed by atoms with Crippen molar-refractivity contribution in [2.75, 3.05) is 23.5 Å².